The van der Waals surface area contributed by atoms with Gasteiger partial charge in [0.25, 0.3) is 0 Å². The van der Waals surface area contributed by atoms with Gasteiger partial charge in [0.15, 0.2) is 0 Å². The highest BCUT2D eigenvalue weighted by molar-refractivity contribution is 5.26. The average Bonchev–Trinajstić information content (AvgIpc) is 2.91. The highest BCUT2D eigenvalue weighted by atomic mass is 19.1. The minimum absolute atomic E-state index is 0.181. The van der Waals surface area contributed by atoms with Crippen LogP contribution in [0.1, 0.15) is 45.2 Å². The molecular weight excluding hydrogens is 232 g/mol. The lowest BCUT2D eigenvalue weighted by Gasteiger charge is -2.22. The molecular formula is C15H21F2N. The van der Waals surface area contributed by atoms with E-state index in [0.29, 0.717) is 5.92 Å². The fraction of sp³-hybridized carbons (Fsp3) is 0.600. The van der Waals surface area contributed by atoms with Crippen LogP contribution in [0.2, 0.25) is 0 Å². The smallest absolute Gasteiger partial charge is 0.130 e. The molecule has 2 unspecified atom stereocenters. The van der Waals surface area contributed by atoms with Crippen LogP contribution in [0.4, 0.5) is 8.78 Å². The Hall–Kier alpha value is -0.960. The van der Waals surface area contributed by atoms with Gasteiger partial charge in [-0.05, 0) is 42.9 Å². The quantitative estimate of drug-likeness (QED) is 0.834. The molecule has 1 saturated carbocycles. The van der Waals surface area contributed by atoms with Gasteiger partial charge in [-0.2, -0.15) is 0 Å². The maximum Gasteiger partial charge on any atom is 0.130 e. The molecule has 0 spiro atoms. The number of hydrogen-bond acceptors (Lipinski definition) is 1. The third kappa shape index (κ3) is 2.56. The van der Waals surface area contributed by atoms with Gasteiger partial charge in [0.2, 0.25) is 0 Å². The lowest BCUT2D eigenvalue weighted by atomic mass is 9.96. The van der Waals surface area contributed by atoms with E-state index in [-0.39, 0.29) is 17.0 Å². The Bertz CT molecular complexity index is 408. The van der Waals surface area contributed by atoms with E-state index in [1.807, 2.05) is 0 Å². The van der Waals surface area contributed by atoms with E-state index in [9.17, 15) is 8.78 Å². The molecule has 3 heteroatoms. The molecule has 1 nitrogen and oxygen atoms in total. The van der Waals surface area contributed by atoms with Crippen LogP contribution in [0.5, 0.6) is 0 Å². The Kier molecular flexibility index (Phi) is 3.71. The SMILES string of the molecule is CCCNC(c1c(F)cccc1F)C1CC1(C)C. The van der Waals surface area contributed by atoms with Crippen LogP contribution in [0.25, 0.3) is 0 Å². The predicted octanol–water partition coefficient (Wildman–Crippen LogP) is 4.05. The summed E-state index contributed by atoms with van der Waals surface area (Å²) >= 11 is 0. The normalized spacial score (nSPS) is 22.8. The molecule has 1 fully saturated rings. The van der Waals surface area contributed by atoms with E-state index in [0.717, 1.165) is 19.4 Å². The van der Waals surface area contributed by atoms with Crippen molar-refractivity contribution in [2.45, 2.75) is 39.7 Å². The van der Waals surface area contributed by atoms with Gasteiger partial charge < -0.3 is 5.32 Å². The number of hydrogen-bond donors (Lipinski definition) is 1. The molecule has 0 saturated heterocycles. The molecule has 1 aliphatic carbocycles. The summed E-state index contributed by atoms with van der Waals surface area (Å²) in [7, 11) is 0. The average molecular weight is 253 g/mol. The Balaban J connectivity index is 2.29. The molecule has 0 radical (unpaired) electrons. The molecule has 0 amide bonds. The summed E-state index contributed by atoms with van der Waals surface area (Å²) in [5.74, 6) is -0.562. The summed E-state index contributed by atoms with van der Waals surface area (Å²) in [6, 6.07) is 3.90. The van der Waals surface area contributed by atoms with Crippen molar-refractivity contribution in [3.63, 3.8) is 0 Å². The summed E-state index contributed by atoms with van der Waals surface area (Å²) in [5.41, 5.74) is 0.390. The highest BCUT2D eigenvalue weighted by Gasteiger charge is 2.51. The summed E-state index contributed by atoms with van der Waals surface area (Å²) in [6.45, 7) is 7.14. The van der Waals surface area contributed by atoms with Gasteiger partial charge in [0.05, 0.1) is 0 Å². The molecule has 0 bridgehead atoms. The topological polar surface area (TPSA) is 12.0 Å². The van der Waals surface area contributed by atoms with Crippen LogP contribution in [0.15, 0.2) is 18.2 Å². The van der Waals surface area contributed by atoms with E-state index < -0.39 is 11.6 Å². The highest BCUT2D eigenvalue weighted by Crippen LogP contribution is 2.58. The van der Waals surface area contributed by atoms with Crippen LogP contribution in [0.3, 0.4) is 0 Å². The first kappa shape index (κ1) is 13.5. The molecule has 1 aliphatic rings. The second kappa shape index (κ2) is 4.96. The molecule has 2 rings (SSSR count). The Morgan fingerprint density at radius 1 is 1.33 bits per heavy atom. The summed E-state index contributed by atoms with van der Waals surface area (Å²) in [6.07, 6.45) is 1.97. The number of halogens is 2. The maximum absolute atomic E-state index is 13.9. The summed E-state index contributed by atoms with van der Waals surface area (Å²) in [5, 5.41) is 3.30. The molecule has 18 heavy (non-hydrogen) atoms. The van der Waals surface area contributed by atoms with Crippen molar-refractivity contribution >= 4 is 0 Å². The van der Waals surface area contributed by atoms with Crippen molar-refractivity contribution in [3.8, 4) is 0 Å². The molecule has 1 aromatic carbocycles. The van der Waals surface area contributed by atoms with Gasteiger partial charge in [-0.25, -0.2) is 8.78 Å². The predicted molar refractivity (Wildman–Crippen MR) is 69.3 cm³/mol. The molecule has 0 heterocycles. The van der Waals surface area contributed by atoms with Gasteiger partial charge in [0, 0.05) is 11.6 Å². The van der Waals surface area contributed by atoms with Crippen LogP contribution in [-0.4, -0.2) is 6.54 Å². The van der Waals surface area contributed by atoms with E-state index in [4.69, 9.17) is 0 Å². The van der Waals surface area contributed by atoms with E-state index in [2.05, 4.69) is 26.1 Å². The first-order valence-electron chi connectivity index (χ1n) is 6.64. The zero-order valence-electron chi connectivity index (χ0n) is 11.3. The fourth-order valence-corrected chi connectivity index (χ4v) is 2.63. The van der Waals surface area contributed by atoms with Crippen LogP contribution in [0, 0.1) is 23.0 Å². The van der Waals surface area contributed by atoms with E-state index in [1.54, 1.807) is 0 Å². The number of rotatable bonds is 5. The first-order valence-corrected chi connectivity index (χ1v) is 6.64. The van der Waals surface area contributed by atoms with E-state index >= 15 is 0 Å². The lowest BCUT2D eigenvalue weighted by Crippen LogP contribution is -2.27. The van der Waals surface area contributed by atoms with Crippen LogP contribution in [-0.2, 0) is 0 Å². The summed E-state index contributed by atoms with van der Waals surface area (Å²) in [4.78, 5) is 0. The van der Waals surface area contributed by atoms with Gasteiger partial charge in [-0.15, -0.1) is 0 Å². The Morgan fingerprint density at radius 2 is 1.89 bits per heavy atom. The van der Waals surface area contributed by atoms with Gasteiger partial charge in [-0.3, -0.25) is 0 Å². The third-order valence-corrected chi connectivity index (χ3v) is 3.92. The van der Waals surface area contributed by atoms with Crippen molar-refractivity contribution in [2.75, 3.05) is 6.54 Å². The van der Waals surface area contributed by atoms with E-state index in [1.165, 1.54) is 18.2 Å². The molecule has 1 aromatic rings. The minimum Gasteiger partial charge on any atom is -0.309 e. The van der Waals surface area contributed by atoms with Crippen molar-refractivity contribution in [2.24, 2.45) is 11.3 Å². The van der Waals surface area contributed by atoms with Crippen molar-refractivity contribution < 1.29 is 8.78 Å². The maximum atomic E-state index is 13.9. The van der Waals surface area contributed by atoms with Crippen molar-refractivity contribution in [1.82, 2.24) is 5.32 Å². The molecule has 0 aromatic heterocycles. The Labute approximate surface area is 108 Å². The van der Waals surface area contributed by atoms with Crippen molar-refractivity contribution in [1.29, 1.82) is 0 Å². The molecule has 2 atom stereocenters. The second-order valence-corrected chi connectivity index (χ2v) is 5.87. The van der Waals surface area contributed by atoms with Crippen LogP contribution >= 0.6 is 0 Å². The second-order valence-electron chi connectivity index (χ2n) is 5.87. The lowest BCUT2D eigenvalue weighted by molar-refractivity contribution is 0.387. The number of benzene rings is 1. The molecule has 1 N–H and O–H groups in total. The largest absolute Gasteiger partial charge is 0.309 e. The zero-order chi connectivity index (χ0) is 13.3. The fourth-order valence-electron chi connectivity index (χ4n) is 2.63. The molecule has 0 aliphatic heterocycles. The monoisotopic (exact) mass is 253 g/mol. The zero-order valence-corrected chi connectivity index (χ0v) is 11.3. The first-order chi connectivity index (χ1) is 8.47. The third-order valence-electron chi connectivity index (χ3n) is 3.92. The molecule has 100 valence electrons. The minimum atomic E-state index is -0.439. The van der Waals surface area contributed by atoms with Crippen LogP contribution < -0.4 is 5.32 Å². The summed E-state index contributed by atoms with van der Waals surface area (Å²) < 4.78 is 27.8. The number of nitrogens with one attached hydrogen (secondary N) is 1. The standard InChI is InChI=1S/C15H21F2N/c1-4-8-18-14(10-9-15(10,2)3)13-11(16)6-5-7-12(13)17/h5-7,10,14,18H,4,8-9H2,1-3H3. The van der Waals surface area contributed by atoms with Gasteiger partial charge >= 0.3 is 0 Å². The van der Waals surface area contributed by atoms with Crippen molar-refractivity contribution in [3.05, 3.63) is 35.4 Å². The Morgan fingerprint density at radius 3 is 2.33 bits per heavy atom. The van der Waals surface area contributed by atoms with Gasteiger partial charge in [0.1, 0.15) is 11.6 Å². The van der Waals surface area contributed by atoms with Gasteiger partial charge in [-0.1, -0.05) is 26.8 Å².